The summed E-state index contributed by atoms with van der Waals surface area (Å²) in [7, 11) is 0. The van der Waals surface area contributed by atoms with Crippen LogP contribution in [-0.2, 0) is 10.8 Å². The molecule has 258 valence electrons. The molecule has 2 heteroatoms. The molecule has 0 fully saturated rings. The Morgan fingerprint density at radius 2 is 1.02 bits per heavy atom. The minimum Gasteiger partial charge on any atom is -0.135 e. The highest BCUT2D eigenvalue weighted by molar-refractivity contribution is 7.26. The maximum absolute atomic E-state index is 2.59. The summed E-state index contributed by atoms with van der Waals surface area (Å²) in [6, 6.07) is 46.3. The van der Waals surface area contributed by atoms with Crippen molar-refractivity contribution in [2.75, 3.05) is 0 Å². The third-order valence-corrected chi connectivity index (χ3v) is 15.6. The molecule has 0 bridgehead atoms. The van der Waals surface area contributed by atoms with E-state index in [1.54, 1.807) is 5.57 Å². The van der Waals surface area contributed by atoms with Gasteiger partial charge in [0.25, 0.3) is 0 Å². The molecule has 2 aromatic heterocycles. The van der Waals surface area contributed by atoms with Gasteiger partial charge >= 0.3 is 0 Å². The van der Waals surface area contributed by atoms with Crippen LogP contribution in [0.5, 0.6) is 0 Å². The fourth-order valence-corrected chi connectivity index (χ4v) is 12.7. The van der Waals surface area contributed by atoms with Crippen LogP contribution in [-0.4, -0.2) is 0 Å². The zero-order valence-corrected chi connectivity index (χ0v) is 32.5. The van der Waals surface area contributed by atoms with Gasteiger partial charge in [-0.1, -0.05) is 119 Å². The van der Waals surface area contributed by atoms with E-state index in [0.29, 0.717) is 5.92 Å². The average molecular weight is 727 g/mol. The maximum atomic E-state index is 2.59. The van der Waals surface area contributed by atoms with Crippen molar-refractivity contribution in [3.63, 3.8) is 0 Å². The molecule has 0 amide bonds. The van der Waals surface area contributed by atoms with E-state index in [1.165, 1.54) is 107 Å². The molecule has 0 nitrogen and oxygen atoms in total. The standard InChI is InChI=1S/C52H38S2/c1-51(2)41-21-19-36-35(49(41)37-17-13-31(27-43(37)51)29-15-23-47-39(25-29)33-9-5-7-11-45(33)53-47)20-22-42-50(36)38-18-14-32(28-44(38)52(42,3)4)30-16-24-48-40(26-30)34-10-6-8-12-46(34)54-48/h5-19,21-28,35H,20H2,1-4H3. The van der Waals surface area contributed by atoms with Gasteiger partial charge in [-0.15, -0.1) is 22.7 Å². The molecule has 0 aliphatic heterocycles. The van der Waals surface area contributed by atoms with Crippen LogP contribution in [0.3, 0.4) is 0 Å². The largest absolute Gasteiger partial charge is 0.135 e. The first-order chi connectivity index (χ1) is 26.3. The number of hydrogen-bond donors (Lipinski definition) is 0. The lowest BCUT2D eigenvalue weighted by atomic mass is 9.70. The molecule has 2 heterocycles. The summed E-state index contributed by atoms with van der Waals surface area (Å²) in [5, 5.41) is 5.43. The first-order valence-corrected chi connectivity index (χ1v) is 20.9. The van der Waals surface area contributed by atoms with E-state index in [0.717, 1.165) is 6.42 Å². The molecule has 6 aromatic carbocycles. The van der Waals surface area contributed by atoms with E-state index < -0.39 is 0 Å². The molecule has 54 heavy (non-hydrogen) atoms. The molecule has 0 N–H and O–H groups in total. The van der Waals surface area contributed by atoms with Gasteiger partial charge in [0.15, 0.2) is 0 Å². The van der Waals surface area contributed by atoms with Crippen molar-refractivity contribution in [3.8, 4) is 22.3 Å². The monoisotopic (exact) mass is 726 g/mol. The van der Waals surface area contributed by atoms with E-state index in [2.05, 4.69) is 167 Å². The Bertz CT molecular complexity index is 3130. The Labute approximate surface area is 324 Å². The van der Waals surface area contributed by atoms with Crippen LogP contribution in [0.2, 0.25) is 0 Å². The van der Waals surface area contributed by atoms with E-state index in [1.807, 2.05) is 22.7 Å². The predicted octanol–water partition coefficient (Wildman–Crippen LogP) is 15.1. The van der Waals surface area contributed by atoms with Crippen LogP contribution >= 0.6 is 22.7 Å². The van der Waals surface area contributed by atoms with Gasteiger partial charge in [-0.25, -0.2) is 0 Å². The molecular formula is C52H38S2. The Kier molecular flexibility index (Phi) is 6.16. The number of thiophene rings is 2. The fourth-order valence-electron chi connectivity index (χ4n) is 10.5. The van der Waals surface area contributed by atoms with Crippen LogP contribution in [0, 0.1) is 5.92 Å². The van der Waals surface area contributed by atoms with Gasteiger partial charge < -0.3 is 0 Å². The zero-order chi connectivity index (χ0) is 36.1. The van der Waals surface area contributed by atoms with Crippen molar-refractivity contribution in [3.05, 3.63) is 179 Å². The predicted molar refractivity (Wildman–Crippen MR) is 235 cm³/mol. The molecule has 1 atom stereocenters. The van der Waals surface area contributed by atoms with Gasteiger partial charge in [-0.2, -0.15) is 0 Å². The van der Waals surface area contributed by atoms with Crippen molar-refractivity contribution in [2.45, 2.75) is 44.9 Å². The topological polar surface area (TPSA) is 0 Å². The molecule has 4 aliphatic rings. The van der Waals surface area contributed by atoms with Gasteiger partial charge in [0, 0.05) is 57.1 Å². The molecule has 0 radical (unpaired) electrons. The fraction of sp³-hybridized carbons (Fsp3) is 0.154. The van der Waals surface area contributed by atoms with Crippen molar-refractivity contribution in [1.82, 2.24) is 0 Å². The van der Waals surface area contributed by atoms with E-state index in [4.69, 9.17) is 0 Å². The highest BCUT2D eigenvalue weighted by atomic mass is 32.1. The molecule has 4 aliphatic carbocycles. The number of rotatable bonds is 2. The summed E-state index contributed by atoms with van der Waals surface area (Å²) in [4.78, 5) is 0. The second-order valence-corrected chi connectivity index (χ2v) is 19.0. The van der Waals surface area contributed by atoms with Crippen molar-refractivity contribution >= 4 is 74.2 Å². The van der Waals surface area contributed by atoms with Crippen molar-refractivity contribution < 1.29 is 0 Å². The first-order valence-electron chi connectivity index (χ1n) is 19.3. The molecule has 12 rings (SSSR count). The lowest BCUT2D eigenvalue weighted by molar-refractivity contribution is 0.639. The smallest absolute Gasteiger partial charge is 0.0355 e. The minimum atomic E-state index is -0.0623. The Morgan fingerprint density at radius 3 is 1.65 bits per heavy atom. The van der Waals surface area contributed by atoms with Crippen molar-refractivity contribution in [2.24, 2.45) is 5.92 Å². The quantitative estimate of drug-likeness (QED) is 0.166. The van der Waals surface area contributed by atoms with Crippen LogP contribution < -0.4 is 0 Å². The lowest BCUT2D eigenvalue weighted by Crippen LogP contribution is -2.21. The van der Waals surface area contributed by atoms with Gasteiger partial charge in [-0.3, -0.25) is 0 Å². The van der Waals surface area contributed by atoms with Crippen molar-refractivity contribution in [1.29, 1.82) is 0 Å². The average Bonchev–Trinajstić information content (AvgIpc) is 3.89. The molecule has 1 unspecified atom stereocenters. The zero-order valence-electron chi connectivity index (χ0n) is 30.9. The van der Waals surface area contributed by atoms with Gasteiger partial charge in [0.05, 0.1) is 0 Å². The third kappa shape index (κ3) is 4.08. The summed E-state index contributed by atoms with van der Waals surface area (Å²) in [5.41, 5.74) is 18.3. The molecule has 0 saturated heterocycles. The SMILES string of the molecule is CC1(C)C2=CCC3C(=C2c2ccc(-c4ccc5sc6ccccc6c5c4)cc21)C=CC1=C3c2ccc(-c3ccc4sc5ccccc5c4c3)cc2C1(C)C. The highest BCUT2D eigenvalue weighted by Crippen LogP contribution is 2.61. The van der Waals surface area contributed by atoms with E-state index >= 15 is 0 Å². The minimum absolute atomic E-state index is 0.0586. The van der Waals surface area contributed by atoms with Crippen LogP contribution in [0.4, 0.5) is 0 Å². The third-order valence-electron chi connectivity index (χ3n) is 13.3. The van der Waals surface area contributed by atoms with E-state index in [9.17, 15) is 0 Å². The molecular weight excluding hydrogens is 689 g/mol. The first kappa shape index (κ1) is 31.1. The summed E-state index contributed by atoms with van der Waals surface area (Å²) in [5.74, 6) is 0.361. The summed E-state index contributed by atoms with van der Waals surface area (Å²) in [6.07, 6.45) is 8.60. The number of fused-ring (bicyclic) bond motifs is 13. The Hall–Kier alpha value is -5.28. The Morgan fingerprint density at radius 1 is 0.500 bits per heavy atom. The van der Waals surface area contributed by atoms with Crippen LogP contribution in [0.1, 0.15) is 56.4 Å². The molecule has 0 saturated carbocycles. The number of benzene rings is 6. The van der Waals surface area contributed by atoms with Gasteiger partial charge in [0.2, 0.25) is 0 Å². The normalized spacial score (nSPS) is 19.0. The van der Waals surface area contributed by atoms with Crippen LogP contribution in [0.15, 0.2) is 156 Å². The number of allylic oxidation sites excluding steroid dienone is 8. The molecule has 8 aromatic rings. The second kappa shape index (κ2) is 10.7. The van der Waals surface area contributed by atoms with Crippen LogP contribution in [0.25, 0.3) is 73.7 Å². The summed E-state index contributed by atoms with van der Waals surface area (Å²) in [6.45, 7) is 9.75. The maximum Gasteiger partial charge on any atom is 0.0355 e. The Balaban J connectivity index is 0.947. The molecule has 0 spiro atoms. The summed E-state index contributed by atoms with van der Waals surface area (Å²) >= 11 is 3.78. The highest BCUT2D eigenvalue weighted by Gasteiger charge is 2.47. The van der Waals surface area contributed by atoms with Gasteiger partial charge in [0.1, 0.15) is 0 Å². The van der Waals surface area contributed by atoms with E-state index in [-0.39, 0.29) is 10.8 Å². The second-order valence-electron chi connectivity index (χ2n) is 16.8. The van der Waals surface area contributed by atoms with Gasteiger partial charge in [-0.05, 0) is 127 Å². The lowest BCUT2D eigenvalue weighted by Gasteiger charge is -2.33. The summed E-state index contributed by atoms with van der Waals surface area (Å²) < 4.78 is 5.43. The number of hydrogen-bond acceptors (Lipinski definition) is 2.